The molecule has 0 unspecified atom stereocenters. The van der Waals surface area contributed by atoms with Crippen molar-refractivity contribution in [3.63, 3.8) is 0 Å². The molecular formula is C43H56N2O10. The number of methoxy groups -OCH3 is 5. The number of carboxylic acids is 1. The molecule has 2 aliphatic heterocycles. The van der Waals surface area contributed by atoms with Crippen molar-refractivity contribution in [3.05, 3.63) is 71.3 Å². The molecule has 12 nitrogen and oxygen atoms in total. The molecule has 3 atom stereocenters. The van der Waals surface area contributed by atoms with Gasteiger partial charge in [0.25, 0.3) is 0 Å². The Morgan fingerprint density at radius 2 is 1.55 bits per heavy atom. The highest BCUT2D eigenvalue weighted by molar-refractivity contribution is 5.92. The zero-order chi connectivity index (χ0) is 39.0. The quantitative estimate of drug-likeness (QED) is 0.151. The van der Waals surface area contributed by atoms with Crippen LogP contribution in [0.5, 0.6) is 34.5 Å². The van der Waals surface area contributed by atoms with Crippen LogP contribution in [0.2, 0.25) is 0 Å². The largest absolute Gasteiger partial charge is 0.493 e. The van der Waals surface area contributed by atoms with E-state index in [1.165, 1.54) is 0 Å². The molecule has 2 saturated heterocycles. The Morgan fingerprint density at radius 1 is 0.836 bits per heavy atom. The van der Waals surface area contributed by atoms with E-state index in [0.717, 1.165) is 49.2 Å². The van der Waals surface area contributed by atoms with Crippen LogP contribution in [0.3, 0.4) is 0 Å². The summed E-state index contributed by atoms with van der Waals surface area (Å²) in [5.74, 6) is 1.25. The van der Waals surface area contributed by atoms with Crippen molar-refractivity contribution < 1.29 is 47.9 Å². The zero-order valence-electron chi connectivity index (χ0n) is 32.8. The summed E-state index contributed by atoms with van der Waals surface area (Å²) in [7, 11) is 7.85. The number of carboxylic acid groups (broad SMARTS) is 1. The number of amides is 1. The van der Waals surface area contributed by atoms with Crippen LogP contribution in [0.25, 0.3) is 0 Å². The van der Waals surface area contributed by atoms with Gasteiger partial charge in [0.2, 0.25) is 11.7 Å². The highest BCUT2D eigenvalue weighted by Gasteiger charge is 2.56. The third-order valence-electron chi connectivity index (χ3n) is 11.5. The highest BCUT2D eigenvalue weighted by Crippen LogP contribution is 2.49. The minimum atomic E-state index is -1.51. The predicted octanol–water partition coefficient (Wildman–Crippen LogP) is 6.19. The van der Waals surface area contributed by atoms with Crippen molar-refractivity contribution in [1.82, 2.24) is 9.80 Å². The summed E-state index contributed by atoms with van der Waals surface area (Å²) in [6, 6.07) is 17.2. The molecule has 1 amide bonds. The van der Waals surface area contributed by atoms with Gasteiger partial charge in [-0.2, -0.15) is 0 Å². The summed E-state index contributed by atoms with van der Waals surface area (Å²) in [5, 5.41) is 11.5. The van der Waals surface area contributed by atoms with Crippen LogP contribution in [0.4, 0.5) is 0 Å². The van der Waals surface area contributed by atoms with Gasteiger partial charge in [-0.15, -0.1) is 0 Å². The first kappa shape index (κ1) is 40.0. The van der Waals surface area contributed by atoms with Gasteiger partial charge in [-0.1, -0.05) is 31.0 Å². The normalized spacial score (nSPS) is 19.7. The van der Waals surface area contributed by atoms with E-state index in [1.54, 1.807) is 40.4 Å². The maximum atomic E-state index is 15.2. The SMILES string of the molecule is COc1ccc(CC[C@H](c2cccc(OCCN3CCOCC3)c2)[C@]2(C(=O)O)CCCN2C(=O)[C@@H](CC2CC2)c2cc(OC)c(OC)c(OC)c2)cc1OC. The standard InChI is InChI=1S/C43H56N2O10/c1-49-36-15-13-30(25-37(36)50-2)12-14-35(31-8-6-9-33(26-31)55-23-20-44-18-21-54-22-19-44)43(42(47)48)16-7-17-45(43)41(46)34(24-29-10-11-29)32-27-38(51-3)40(53-5)39(28-32)52-4/h6,8-9,13,15,25-29,34-35H,7,10-12,14,16-24H2,1-5H3,(H,47,48)/t34-,35+,43-/m0/s1. The van der Waals surface area contributed by atoms with Crippen molar-refractivity contribution in [2.45, 2.75) is 62.3 Å². The van der Waals surface area contributed by atoms with E-state index in [0.29, 0.717) is 98.9 Å². The summed E-state index contributed by atoms with van der Waals surface area (Å²) >= 11 is 0. The smallest absolute Gasteiger partial charge is 0.330 e. The summed E-state index contributed by atoms with van der Waals surface area (Å²) in [4.78, 5) is 33.2. The number of benzene rings is 3. The lowest BCUT2D eigenvalue weighted by Crippen LogP contribution is -2.58. The third-order valence-corrected chi connectivity index (χ3v) is 11.5. The molecule has 3 aromatic carbocycles. The Balaban J connectivity index is 1.37. The first-order valence-corrected chi connectivity index (χ1v) is 19.3. The van der Waals surface area contributed by atoms with Gasteiger partial charge in [0, 0.05) is 32.1 Å². The number of aryl methyl sites for hydroxylation is 1. The van der Waals surface area contributed by atoms with E-state index in [-0.39, 0.29) is 5.91 Å². The molecule has 1 aliphatic carbocycles. The molecule has 3 fully saturated rings. The van der Waals surface area contributed by atoms with Gasteiger partial charge < -0.3 is 43.2 Å². The molecule has 0 aromatic heterocycles. The minimum Gasteiger partial charge on any atom is -0.493 e. The average Bonchev–Trinajstić information content (AvgIpc) is 3.94. The molecule has 3 aromatic rings. The van der Waals surface area contributed by atoms with Gasteiger partial charge in [0.05, 0.1) is 54.7 Å². The van der Waals surface area contributed by atoms with E-state index in [2.05, 4.69) is 4.90 Å². The number of likely N-dealkylation sites (tertiary alicyclic amines) is 1. The number of morpholine rings is 1. The van der Waals surface area contributed by atoms with E-state index >= 15 is 4.79 Å². The van der Waals surface area contributed by atoms with Crippen LogP contribution in [0.15, 0.2) is 54.6 Å². The lowest BCUT2D eigenvalue weighted by atomic mass is 9.73. The fraction of sp³-hybridized carbons (Fsp3) is 0.535. The lowest BCUT2D eigenvalue weighted by Gasteiger charge is -2.43. The fourth-order valence-corrected chi connectivity index (χ4v) is 8.41. The number of hydrogen-bond donors (Lipinski definition) is 1. The van der Waals surface area contributed by atoms with Crippen molar-refractivity contribution in [1.29, 1.82) is 0 Å². The molecule has 0 bridgehead atoms. The van der Waals surface area contributed by atoms with E-state index in [9.17, 15) is 9.90 Å². The van der Waals surface area contributed by atoms with Gasteiger partial charge in [-0.3, -0.25) is 9.69 Å². The predicted molar refractivity (Wildman–Crippen MR) is 207 cm³/mol. The molecule has 3 aliphatic rings. The molecule has 55 heavy (non-hydrogen) atoms. The van der Waals surface area contributed by atoms with E-state index in [1.807, 2.05) is 54.6 Å². The minimum absolute atomic E-state index is 0.199. The van der Waals surface area contributed by atoms with Gasteiger partial charge in [0.15, 0.2) is 23.0 Å². The second-order valence-electron chi connectivity index (χ2n) is 14.7. The third kappa shape index (κ3) is 8.91. The number of carbonyl (C=O) groups excluding carboxylic acids is 1. The molecule has 0 radical (unpaired) electrons. The maximum Gasteiger partial charge on any atom is 0.330 e. The molecule has 0 spiro atoms. The topological polar surface area (TPSA) is 125 Å². The Hall–Kier alpha value is -4.68. The fourth-order valence-electron chi connectivity index (χ4n) is 8.41. The van der Waals surface area contributed by atoms with Crippen LogP contribution in [-0.4, -0.2) is 114 Å². The van der Waals surface area contributed by atoms with Crippen LogP contribution in [0, 0.1) is 5.92 Å². The summed E-state index contributed by atoms with van der Waals surface area (Å²) < 4.78 is 39.8. The maximum absolute atomic E-state index is 15.2. The van der Waals surface area contributed by atoms with Gasteiger partial charge in [-0.25, -0.2) is 4.79 Å². The van der Waals surface area contributed by atoms with Crippen molar-refractivity contribution in [2.24, 2.45) is 5.92 Å². The number of hydrogen-bond acceptors (Lipinski definition) is 10. The van der Waals surface area contributed by atoms with Crippen molar-refractivity contribution in [2.75, 3.05) is 81.5 Å². The van der Waals surface area contributed by atoms with E-state index < -0.39 is 23.3 Å². The average molecular weight is 761 g/mol. The Bertz CT molecular complexity index is 1750. The van der Waals surface area contributed by atoms with E-state index in [4.69, 9.17) is 33.2 Å². The molecule has 12 heteroatoms. The molecule has 2 heterocycles. The second kappa shape index (κ2) is 18.3. The molecule has 1 N–H and O–H groups in total. The summed E-state index contributed by atoms with van der Waals surface area (Å²) in [6.07, 6.45) is 4.55. The van der Waals surface area contributed by atoms with Crippen LogP contribution in [0.1, 0.15) is 67.1 Å². The van der Waals surface area contributed by atoms with Gasteiger partial charge in [-0.05, 0) is 91.1 Å². The Kier molecular flexibility index (Phi) is 13.3. The van der Waals surface area contributed by atoms with Crippen LogP contribution >= 0.6 is 0 Å². The van der Waals surface area contributed by atoms with Crippen LogP contribution in [-0.2, 0) is 20.7 Å². The van der Waals surface area contributed by atoms with Crippen molar-refractivity contribution >= 4 is 11.9 Å². The lowest BCUT2D eigenvalue weighted by molar-refractivity contribution is -0.159. The van der Waals surface area contributed by atoms with Gasteiger partial charge in [0.1, 0.15) is 17.9 Å². The second-order valence-corrected chi connectivity index (χ2v) is 14.7. The summed E-state index contributed by atoms with van der Waals surface area (Å²) in [5.41, 5.74) is 0.997. The van der Waals surface area contributed by atoms with Crippen molar-refractivity contribution in [3.8, 4) is 34.5 Å². The summed E-state index contributed by atoms with van der Waals surface area (Å²) in [6.45, 7) is 4.75. The number of rotatable bonds is 19. The number of ether oxygens (including phenoxy) is 7. The monoisotopic (exact) mass is 760 g/mol. The molecule has 1 saturated carbocycles. The Labute approximate surface area is 324 Å². The first-order chi connectivity index (χ1) is 26.8. The Morgan fingerprint density at radius 3 is 2.18 bits per heavy atom. The molecular weight excluding hydrogens is 704 g/mol. The molecule has 6 rings (SSSR count). The number of carbonyl (C=O) groups is 2. The van der Waals surface area contributed by atoms with Crippen LogP contribution < -0.4 is 28.4 Å². The highest BCUT2D eigenvalue weighted by atomic mass is 16.5. The zero-order valence-corrected chi connectivity index (χ0v) is 32.8. The number of nitrogens with zero attached hydrogens (tertiary/aromatic N) is 2. The molecule has 298 valence electrons. The number of aliphatic carboxylic acids is 1. The first-order valence-electron chi connectivity index (χ1n) is 19.3. The van der Waals surface area contributed by atoms with Gasteiger partial charge >= 0.3 is 5.97 Å².